The summed E-state index contributed by atoms with van der Waals surface area (Å²) in [5.74, 6) is -2.52. The zero-order chi connectivity index (χ0) is 11.6. The normalized spacial score (nSPS) is 11.3. The summed E-state index contributed by atoms with van der Waals surface area (Å²) in [6, 6.07) is 2.34. The summed E-state index contributed by atoms with van der Waals surface area (Å²) >= 11 is 0. The molecule has 0 saturated carbocycles. The smallest absolute Gasteiger partial charge is 0.511 e. The van der Waals surface area contributed by atoms with Crippen molar-refractivity contribution < 1.29 is 32.3 Å². The third-order valence-corrected chi connectivity index (χ3v) is 1.49. The monoisotopic (exact) mass is 224 g/mol. The molecule has 1 aromatic rings. The summed E-state index contributed by atoms with van der Waals surface area (Å²) in [7, 11) is -2.44. The SMILES string of the molecule is OB(O)Oc1cccc(F)c1C(F)(F)F. The van der Waals surface area contributed by atoms with Gasteiger partial charge in [0.1, 0.15) is 17.1 Å². The van der Waals surface area contributed by atoms with E-state index in [9.17, 15) is 17.6 Å². The van der Waals surface area contributed by atoms with E-state index in [-0.39, 0.29) is 0 Å². The molecule has 0 spiro atoms. The fourth-order valence-corrected chi connectivity index (χ4v) is 0.991. The van der Waals surface area contributed by atoms with Crippen LogP contribution in [0.2, 0.25) is 0 Å². The first-order valence-corrected chi connectivity index (χ1v) is 3.71. The van der Waals surface area contributed by atoms with E-state index in [1.165, 1.54) is 0 Å². The Morgan fingerprint density at radius 3 is 2.27 bits per heavy atom. The molecule has 0 aliphatic heterocycles. The first-order chi connectivity index (χ1) is 6.82. The molecule has 0 fully saturated rings. The molecule has 8 heteroatoms. The summed E-state index contributed by atoms with van der Waals surface area (Å²) in [6.07, 6.45) is -4.96. The lowest BCUT2D eigenvalue weighted by Crippen LogP contribution is -2.23. The van der Waals surface area contributed by atoms with Crippen LogP contribution in [0, 0.1) is 5.82 Å². The van der Waals surface area contributed by atoms with Crippen LogP contribution < -0.4 is 4.65 Å². The first-order valence-electron chi connectivity index (χ1n) is 3.71. The van der Waals surface area contributed by atoms with Crippen molar-refractivity contribution in [2.24, 2.45) is 0 Å². The Morgan fingerprint density at radius 1 is 1.20 bits per heavy atom. The van der Waals surface area contributed by atoms with Gasteiger partial charge in [-0.3, -0.25) is 0 Å². The number of hydrogen-bond acceptors (Lipinski definition) is 3. The molecule has 1 aromatic carbocycles. The Labute approximate surface area is 82.1 Å². The molecule has 2 N–H and O–H groups in total. The maximum absolute atomic E-state index is 12.8. The third kappa shape index (κ3) is 2.83. The number of rotatable bonds is 2. The maximum atomic E-state index is 12.8. The molecule has 0 unspecified atom stereocenters. The quantitative estimate of drug-likeness (QED) is 0.585. The first kappa shape index (κ1) is 11.8. The lowest BCUT2D eigenvalue weighted by atomic mass is 10.1. The van der Waals surface area contributed by atoms with Gasteiger partial charge in [-0.15, -0.1) is 0 Å². The summed E-state index contributed by atoms with van der Waals surface area (Å²) in [4.78, 5) is 0. The lowest BCUT2D eigenvalue weighted by Gasteiger charge is -2.13. The van der Waals surface area contributed by atoms with Gasteiger partial charge in [-0.2, -0.15) is 13.2 Å². The molecule has 0 aliphatic rings. The van der Waals surface area contributed by atoms with E-state index in [0.717, 1.165) is 12.1 Å². The molecule has 0 atom stereocenters. The second kappa shape index (κ2) is 4.07. The van der Waals surface area contributed by atoms with Gasteiger partial charge in [0.05, 0.1) is 0 Å². The van der Waals surface area contributed by atoms with Gasteiger partial charge in [-0.1, -0.05) is 6.07 Å². The molecule has 0 bridgehead atoms. The fraction of sp³-hybridized carbons (Fsp3) is 0.143. The van der Waals surface area contributed by atoms with Crippen LogP contribution in [0.5, 0.6) is 5.75 Å². The van der Waals surface area contributed by atoms with Crippen LogP contribution >= 0.6 is 0 Å². The molecule has 0 saturated heterocycles. The number of hydrogen-bond donors (Lipinski definition) is 2. The van der Waals surface area contributed by atoms with Gasteiger partial charge in [0.25, 0.3) is 0 Å². The van der Waals surface area contributed by atoms with Crippen LogP contribution in [0.25, 0.3) is 0 Å². The highest BCUT2D eigenvalue weighted by Crippen LogP contribution is 2.37. The molecule has 1 rings (SSSR count). The van der Waals surface area contributed by atoms with Crippen molar-refractivity contribution >= 4 is 7.32 Å². The van der Waals surface area contributed by atoms with E-state index >= 15 is 0 Å². The van der Waals surface area contributed by atoms with Crippen LogP contribution in [-0.4, -0.2) is 17.4 Å². The topological polar surface area (TPSA) is 49.7 Å². The van der Waals surface area contributed by atoms with Crippen LogP contribution in [0.1, 0.15) is 5.56 Å². The summed E-state index contributed by atoms with van der Waals surface area (Å²) < 4.78 is 53.7. The molecule has 82 valence electrons. The van der Waals surface area contributed by atoms with Crippen LogP contribution in [-0.2, 0) is 6.18 Å². The minimum Gasteiger partial charge on any atom is -0.511 e. The zero-order valence-corrected chi connectivity index (χ0v) is 7.12. The predicted molar refractivity (Wildman–Crippen MR) is 42.2 cm³/mol. The fourth-order valence-electron chi connectivity index (χ4n) is 0.991. The van der Waals surface area contributed by atoms with Gasteiger partial charge in [0, 0.05) is 0 Å². The summed E-state index contributed by atoms with van der Waals surface area (Å²) in [6.45, 7) is 0. The zero-order valence-electron chi connectivity index (χ0n) is 7.12. The molecular weight excluding hydrogens is 219 g/mol. The second-order valence-electron chi connectivity index (χ2n) is 2.55. The van der Waals surface area contributed by atoms with Crippen LogP contribution in [0.15, 0.2) is 18.2 Å². The van der Waals surface area contributed by atoms with Crippen LogP contribution in [0.3, 0.4) is 0 Å². The Morgan fingerprint density at radius 2 is 1.80 bits per heavy atom. The van der Waals surface area contributed by atoms with E-state index in [2.05, 4.69) is 4.65 Å². The Hall–Kier alpha value is -1.28. The average molecular weight is 224 g/mol. The molecule has 0 aromatic heterocycles. The molecule has 15 heavy (non-hydrogen) atoms. The predicted octanol–water partition coefficient (Wildman–Crippen LogP) is 1.19. The average Bonchev–Trinajstić information content (AvgIpc) is 1.99. The van der Waals surface area contributed by atoms with Crippen molar-refractivity contribution in [1.82, 2.24) is 0 Å². The Balaban J connectivity index is 3.21. The van der Waals surface area contributed by atoms with E-state index in [4.69, 9.17) is 10.0 Å². The standard InChI is InChI=1S/C7H5BF4O3/c9-4-2-1-3-5(15-8(13)14)6(4)7(10,11)12/h1-3,13-14H. The molecule has 0 heterocycles. The molecule has 0 amide bonds. The van der Waals surface area contributed by atoms with Gasteiger partial charge in [0.2, 0.25) is 0 Å². The minimum atomic E-state index is -4.96. The van der Waals surface area contributed by atoms with Crippen molar-refractivity contribution in [2.75, 3.05) is 0 Å². The molecule has 0 aliphatic carbocycles. The van der Waals surface area contributed by atoms with E-state index in [0.29, 0.717) is 6.07 Å². The van der Waals surface area contributed by atoms with Crippen LogP contribution in [0.4, 0.5) is 17.6 Å². The van der Waals surface area contributed by atoms with Gasteiger partial charge < -0.3 is 14.7 Å². The second-order valence-corrected chi connectivity index (χ2v) is 2.55. The highest BCUT2D eigenvalue weighted by Gasteiger charge is 2.38. The number of alkyl halides is 3. The van der Waals surface area contributed by atoms with Gasteiger partial charge in [-0.05, 0) is 12.1 Å². The van der Waals surface area contributed by atoms with Gasteiger partial charge in [-0.25, -0.2) is 4.39 Å². The number of halogens is 4. The van der Waals surface area contributed by atoms with E-state index in [1.807, 2.05) is 0 Å². The largest absolute Gasteiger partial charge is 0.707 e. The van der Waals surface area contributed by atoms with Crippen molar-refractivity contribution in [3.8, 4) is 5.75 Å². The summed E-state index contributed by atoms with van der Waals surface area (Å²) in [5.41, 5.74) is -1.67. The van der Waals surface area contributed by atoms with Crippen molar-refractivity contribution in [3.63, 3.8) is 0 Å². The van der Waals surface area contributed by atoms with Crippen molar-refractivity contribution in [3.05, 3.63) is 29.6 Å². The van der Waals surface area contributed by atoms with E-state index < -0.39 is 30.6 Å². The van der Waals surface area contributed by atoms with Crippen molar-refractivity contribution in [1.29, 1.82) is 0 Å². The highest BCUT2D eigenvalue weighted by atomic mass is 19.4. The number of benzene rings is 1. The van der Waals surface area contributed by atoms with Gasteiger partial charge in [0.15, 0.2) is 0 Å². The lowest BCUT2D eigenvalue weighted by molar-refractivity contribution is -0.140. The van der Waals surface area contributed by atoms with Crippen molar-refractivity contribution in [2.45, 2.75) is 6.18 Å². The molecular formula is C7H5BF4O3. The minimum absolute atomic E-state index is 0.597. The maximum Gasteiger partial charge on any atom is 0.707 e. The highest BCUT2D eigenvalue weighted by molar-refractivity contribution is 6.33. The van der Waals surface area contributed by atoms with Gasteiger partial charge >= 0.3 is 13.5 Å². The molecule has 3 nitrogen and oxygen atoms in total. The Kier molecular flexibility index (Phi) is 3.20. The Bertz CT molecular complexity index is 353. The third-order valence-electron chi connectivity index (χ3n) is 1.49. The molecule has 0 radical (unpaired) electrons. The van der Waals surface area contributed by atoms with E-state index in [1.54, 1.807) is 0 Å². The summed E-state index contributed by atoms with van der Waals surface area (Å²) in [5, 5.41) is 16.7.